The minimum atomic E-state index is -0.529. The molecule has 4 rings (SSSR count). The molecule has 2 aliphatic heterocycles. The van der Waals surface area contributed by atoms with E-state index in [1.165, 1.54) is 6.07 Å². The summed E-state index contributed by atoms with van der Waals surface area (Å²) >= 11 is 0. The molecular formula is C20H23N5O3. The number of amides is 1. The molecule has 0 aromatic heterocycles. The van der Waals surface area contributed by atoms with Gasteiger partial charge in [-0.25, -0.2) is 5.01 Å². The number of non-ortho nitro benzene ring substituents is 1. The minimum absolute atomic E-state index is 0.0293. The standard InChI is InChI=1S/C20H23N5O3/c1-23-9-11-24(12-10-23)22-20(26)19-18(14-5-3-2-4-6-14)16-13-15(25(27)28)7-8-17(16)21-19/h2-8,13,18-19,21H,9-12H2,1H3,(H,22,26). The van der Waals surface area contributed by atoms with Gasteiger partial charge in [-0.05, 0) is 24.2 Å². The number of carbonyl (C=O) groups excluding carboxylic acids is 1. The number of hydrogen-bond donors (Lipinski definition) is 2. The molecule has 2 heterocycles. The highest BCUT2D eigenvalue weighted by Gasteiger charge is 2.39. The Labute approximate surface area is 163 Å². The molecule has 0 radical (unpaired) electrons. The summed E-state index contributed by atoms with van der Waals surface area (Å²) in [6.45, 7) is 3.33. The first-order chi connectivity index (χ1) is 13.5. The van der Waals surface area contributed by atoms with Crippen molar-refractivity contribution in [3.63, 3.8) is 0 Å². The van der Waals surface area contributed by atoms with Crippen molar-refractivity contribution in [2.75, 3.05) is 38.5 Å². The monoisotopic (exact) mass is 381 g/mol. The number of rotatable bonds is 4. The lowest BCUT2D eigenvalue weighted by atomic mass is 9.87. The SMILES string of the molecule is CN1CCN(NC(=O)C2Nc3ccc([N+](=O)[O-])cc3C2c2ccccc2)CC1. The van der Waals surface area contributed by atoms with Gasteiger partial charge in [-0.2, -0.15) is 0 Å². The van der Waals surface area contributed by atoms with E-state index in [0.717, 1.165) is 43.0 Å². The molecule has 1 saturated heterocycles. The summed E-state index contributed by atoms with van der Waals surface area (Å²) < 4.78 is 0. The van der Waals surface area contributed by atoms with Crippen LogP contribution in [0.2, 0.25) is 0 Å². The number of carbonyl (C=O) groups is 1. The first-order valence-electron chi connectivity index (χ1n) is 9.37. The van der Waals surface area contributed by atoms with Crippen LogP contribution in [0.1, 0.15) is 17.0 Å². The van der Waals surface area contributed by atoms with E-state index in [1.807, 2.05) is 35.3 Å². The second-order valence-electron chi connectivity index (χ2n) is 7.31. The molecule has 0 saturated carbocycles. The number of hydrogen-bond acceptors (Lipinski definition) is 6. The molecule has 2 N–H and O–H groups in total. The van der Waals surface area contributed by atoms with Gasteiger partial charge in [0.15, 0.2) is 0 Å². The highest BCUT2D eigenvalue weighted by atomic mass is 16.6. The van der Waals surface area contributed by atoms with E-state index in [4.69, 9.17) is 0 Å². The van der Waals surface area contributed by atoms with E-state index < -0.39 is 11.0 Å². The smallest absolute Gasteiger partial charge is 0.269 e. The molecule has 0 bridgehead atoms. The minimum Gasteiger partial charge on any atom is -0.373 e. The van der Waals surface area contributed by atoms with E-state index in [9.17, 15) is 14.9 Å². The Hall–Kier alpha value is -2.97. The summed E-state index contributed by atoms with van der Waals surface area (Å²) in [6, 6.07) is 13.9. The molecule has 2 atom stereocenters. The van der Waals surface area contributed by atoms with Gasteiger partial charge in [-0.3, -0.25) is 20.3 Å². The van der Waals surface area contributed by atoms with Crippen LogP contribution in [0.5, 0.6) is 0 Å². The van der Waals surface area contributed by atoms with Crippen molar-refractivity contribution < 1.29 is 9.72 Å². The van der Waals surface area contributed by atoms with E-state index >= 15 is 0 Å². The fourth-order valence-electron chi connectivity index (χ4n) is 3.88. The van der Waals surface area contributed by atoms with Crippen LogP contribution in [0.15, 0.2) is 48.5 Å². The van der Waals surface area contributed by atoms with Crippen molar-refractivity contribution in [1.82, 2.24) is 15.3 Å². The zero-order valence-corrected chi connectivity index (χ0v) is 15.7. The molecule has 0 spiro atoms. The molecule has 2 aliphatic rings. The van der Waals surface area contributed by atoms with Crippen molar-refractivity contribution in [3.8, 4) is 0 Å². The molecule has 1 fully saturated rings. The van der Waals surface area contributed by atoms with Crippen molar-refractivity contribution in [3.05, 3.63) is 69.8 Å². The number of piperazine rings is 1. The number of anilines is 1. The highest BCUT2D eigenvalue weighted by molar-refractivity contribution is 5.89. The number of likely N-dealkylation sites (N-methyl/N-ethyl adjacent to an activating group) is 1. The van der Waals surface area contributed by atoms with Gasteiger partial charge in [-0.15, -0.1) is 0 Å². The average Bonchev–Trinajstić information content (AvgIpc) is 3.09. The lowest BCUT2D eigenvalue weighted by Gasteiger charge is -2.33. The summed E-state index contributed by atoms with van der Waals surface area (Å²) in [6.07, 6.45) is 0. The van der Waals surface area contributed by atoms with Crippen LogP contribution in [0.25, 0.3) is 0 Å². The van der Waals surface area contributed by atoms with Crippen molar-refractivity contribution in [1.29, 1.82) is 0 Å². The molecule has 2 aromatic carbocycles. The first kappa shape index (κ1) is 18.4. The van der Waals surface area contributed by atoms with Gasteiger partial charge >= 0.3 is 0 Å². The maximum absolute atomic E-state index is 13.1. The third-order valence-electron chi connectivity index (χ3n) is 5.44. The van der Waals surface area contributed by atoms with Crippen LogP contribution in [0, 0.1) is 10.1 Å². The number of nitro groups is 1. The molecule has 0 aliphatic carbocycles. The van der Waals surface area contributed by atoms with Gasteiger partial charge in [0.1, 0.15) is 6.04 Å². The van der Waals surface area contributed by atoms with Crippen LogP contribution >= 0.6 is 0 Å². The second kappa shape index (κ2) is 7.57. The number of hydrazine groups is 1. The Morgan fingerprint density at radius 3 is 2.54 bits per heavy atom. The van der Waals surface area contributed by atoms with Crippen molar-refractivity contribution >= 4 is 17.3 Å². The van der Waals surface area contributed by atoms with Gasteiger partial charge in [0.2, 0.25) is 0 Å². The van der Waals surface area contributed by atoms with Gasteiger partial charge in [-0.1, -0.05) is 30.3 Å². The molecule has 1 amide bonds. The van der Waals surface area contributed by atoms with E-state index in [2.05, 4.69) is 22.7 Å². The van der Waals surface area contributed by atoms with Crippen molar-refractivity contribution in [2.24, 2.45) is 0 Å². The van der Waals surface area contributed by atoms with E-state index in [1.54, 1.807) is 12.1 Å². The maximum atomic E-state index is 13.1. The quantitative estimate of drug-likeness (QED) is 0.620. The predicted molar refractivity (Wildman–Crippen MR) is 106 cm³/mol. The highest BCUT2D eigenvalue weighted by Crippen LogP contribution is 2.42. The number of nitrogens with one attached hydrogen (secondary N) is 2. The van der Waals surface area contributed by atoms with Crippen LogP contribution in [-0.2, 0) is 4.79 Å². The van der Waals surface area contributed by atoms with Gasteiger partial charge < -0.3 is 10.2 Å². The first-order valence-corrected chi connectivity index (χ1v) is 9.37. The van der Waals surface area contributed by atoms with E-state index in [-0.39, 0.29) is 17.5 Å². The molecule has 2 unspecified atom stereocenters. The second-order valence-corrected chi connectivity index (χ2v) is 7.31. The fourth-order valence-corrected chi connectivity index (χ4v) is 3.88. The summed E-state index contributed by atoms with van der Waals surface area (Å²) in [5.74, 6) is -0.416. The molecular weight excluding hydrogens is 358 g/mol. The van der Waals surface area contributed by atoms with Gasteiger partial charge in [0.05, 0.1) is 4.92 Å². The largest absolute Gasteiger partial charge is 0.373 e. The lowest BCUT2D eigenvalue weighted by molar-refractivity contribution is -0.384. The molecule has 8 nitrogen and oxygen atoms in total. The Morgan fingerprint density at radius 2 is 1.86 bits per heavy atom. The molecule has 28 heavy (non-hydrogen) atoms. The Morgan fingerprint density at radius 1 is 1.14 bits per heavy atom. The molecule has 146 valence electrons. The summed E-state index contributed by atoms with van der Waals surface area (Å²) in [7, 11) is 2.06. The summed E-state index contributed by atoms with van der Waals surface area (Å²) in [5, 5.41) is 16.5. The van der Waals surface area contributed by atoms with Crippen LogP contribution in [0.4, 0.5) is 11.4 Å². The van der Waals surface area contributed by atoms with Crippen molar-refractivity contribution in [2.45, 2.75) is 12.0 Å². The third-order valence-corrected chi connectivity index (χ3v) is 5.44. The third kappa shape index (κ3) is 3.56. The summed E-state index contributed by atoms with van der Waals surface area (Å²) in [4.78, 5) is 26.2. The zero-order valence-electron chi connectivity index (χ0n) is 15.7. The maximum Gasteiger partial charge on any atom is 0.269 e. The molecule has 8 heteroatoms. The Balaban J connectivity index is 1.62. The van der Waals surface area contributed by atoms with Crippen LogP contribution in [0.3, 0.4) is 0 Å². The Bertz CT molecular complexity index is 881. The topological polar surface area (TPSA) is 90.8 Å². The average molecular weight is 381 g/mol. The number of fused-ring (bicyclic) bond motifs is 1. The number of nitro benzene ring substituents is 1. The fraction of sp³-hybridized carbons (Fsp3) is 0.350. The van der Waals surface area contributed by atoms with Crippen LogP contribution < -0.4 is 10.7 Å². The predicted octanol–water partition coefficient (Wildman–Crippen LogP) is 1.80. The zero-order chi connectivity index (χ0) is 19.7. The van der Waals surface area contributed by atoms with Crippen LogP contribution in [-0.4, -0.2) is 60.0 Å². The molecule has 2 aromatic rings. The van der Waals surface area contributed by atoms with Gasteiger partial charge in [0, 0.05) is 49.9 Å². The van der Waals surface area contributed by atoms with E-state index in [0.29, 0.717) is 0 Å². The number of benzene rings is 2. The van der Waals surface area contributed by atoms with Gasteiger partial charge in [0.25, 0.3) is 11.6 Å². The number of nitrogens with zero attached hydrogens (tertiary/aromatic N) is 3. The Kier molecular flexibility index (Phi) is 4.97. The summed E-state index contributed by atoms with van der Waals surface area (Å²) in [5.41, 5.74) is 5.54. The lowest BCUT2D eigenvalue weighted by Crippen LogP contribution is -2.55. The normalized spacial score (nSPS) is 22.3.